The predicted octanol–water partition coefficient (Wildman–Crippen LogP) is 1.37. The van der Waals surface area contributed by atoms with Crippen molar-refractivity contribution in [1.82, 2.24) is 0 Å². The van der Waals surface area contributed by atoms with Crippen LogP contribution in [0.3, 0.4) is 0 Å². The summed E-state index contributed by atoms with van der Waals surface area (Å²) in [6.07, 6.45) is 0.684. The molecule has 1 aliphatic rings. The number of rotatable bonds is 0. The van der Waals surface area contributed by atoms with Gasteiger partial charge < -0.3 is 9.84 Å². The van der Waals surface area contributed by atoms with E-state index in [-0.39, 0.29) is 0 Å². The lowest BCUT2D eigenvalue weighted by atomic mass is 9.94. The summed E-state index contributed by atoms with van der Waals surface area (Å²) in [7, 11) is 0. The SMILES string of the molecule is C[C@@]1(O)COc2ccccc2C1. The van der Waals surface area contributed by atoms with Crippen LogP contribution in [0.1, 0.15) is 12.5 Å². The molecule has 1 N–H and O–H groups in total. The summed E-state index contributed by atoms with van der Waals surface area (Å²) in [5.41, 5.74) is 0.391. The maximum absolute atomic E-state index is 9.70. The zero-order chi connectivity index (χ0) is 8.60. The van der Waals surface area contributed by atoms with E-state index < -0.39 is 5.60 Å². The van der Waals surface area contributed by atoms with Crippen molar-refractivity contribution in [3.05, 3.63) is 29.8 Å². The summed E-state index contributed by atoms with van der Waals surface area (Å²) >= 11 is 0. The van der Waals surface area contributed by atoms with Gasteiger partial charge in [0.15, 0.2) is 0 Å². The molecule has 0 saturated heterocycles. The highest BCUT2D eigenvalue weighted by Crippen LogP contribution is 2.28. The topological polar surface area (TPSA) is 29.5 Å². The third-order valence-electron chi connectivity index (χ3n) is 2.08. The van der Waals surface area contributed by atoms with Gasteiger partial charge in [-0.2, -0.15) is 0 Å². The van der Waals surface area contributed by atoms with Crippen molar-refractivity contribution in [1.29, 1.82) is 0 Å². The summed E-state index contributed by atoms with van der Waals surface area (Å²) in [6, 6.07) is 7.83. The fraction of sp³-hybridized carbons (Fsp3) is 0.400. The molecular formula is C10H12O2. The van der Waals surface area contributed by atoms with Crippen LogP contribution in [0, 0.1) is 0 Å². The molecule has 0 unspecified atom stereocenters. The van der Waals surface area contributed by atoms with E-state index in [0.29, 0.717) is 13.0 Å². The summed E-state index contributed by atoms with van der Waals surface area (Å²) in [6.45, 7) is 2.19. The van der Waals surface area contributed by atoms with Gasteiger partial charge in [0, 0.05) is 6.42 Å². The van der Waals surface area contributed by atoms with Crippen molar-refractivity contribution in [3.8, 4) is 5.75 Å². The van der Waals surface area contributed by atoms with Crippen molar-refractivity contribution >= 4 is 0 Å². The first-order chi connectivity index (χ1) is 5.67. The van der Waals surface area contributed by atoms with E-state index in [1.807, 2.05) is 24.3 Å². The Hall–Kier alpha value is -1.02. The van der Waals surface area contributed by atoms with Crippen molar-refractivity contribution in [2.45, 2.75) is 18.9 Å². The summed E-state index contributed by atoms with van der Waals surface area (Å²) in [5, 5.41) is 9.70. The van der Waals surface area contributed by atoms with Crippen LogP contribution in [0.25, 0.3) is 0 Å². The molecule has 0 radical (unpaired) electrons. The Kier molecular flexibility index (Phi) is 1.58. The Morgan fingerprint density at radius 1 is 1.42 bits per heavy atom. The molecule has 0 aromatic heterocycles. The van der Waals surface area contributed by atoms with E-state index in [9.17, 15) is 5.11 Å². The zero-order valence-electron chi connectivity index (χ0n) is 7.08. The molecule has 12 heavy (non-hydrogen) atoms. The standard InChI is InChI=1S/C10H12O2/c1-10(11)6-8-4-2-3-5-9(8)12-7-10/h2-5,11H,6-7H2,1H3/t10-/m0/s1. The van der Waals surface area contributed by atoms with E-state index >= 15 is 0 Å². The first-order valence-corrected chi connectivity index (χ1v) is 4.10. The second kappa shape index (κ2) is 2.49. The Bertz CT molecular complexity index is 292. The Morgan fingerprint density at radius 3 is 3.00 bits per heavy atom. The third-order valence-corrected chi connectivity index (χ3v) is 2.08. The minimum absolute atomic E-state index is 0.393. The first kappa shape index (κ1) is 7.62. The van der Waals surface area contributed by atoms with Crippen LogP contribution >= 0.6 is 0 Å². The highest BCUT2D eigenvalue weighted by molar-refractivity contribution is 5.36. The molecule has 1 heterocycles. The Morgan fingerprint density at radius 2 is 2.17 bits per heavy atom. The van der Waals surface area contributed by atoms with Crippen molar-refractivity contribution in [3.63, 3.8) is 0 Å². The molecule has 1 atom stereocenters. The van der Waals surface area contributed by atoms with Gasteiger partial charge in [-0.25, -0.2) is 0 Å². The fourth-order valence-corrected chi connectivity index (χ4v) is 1.49. The molecule has 2 rings (SSSR count). The van der Waals surface area contributed by atoms with Gasteiger partial charge in [-0.15, -0.1) is 0 Å². The minimum atomic E-state index is -0.700. The molecule has 2 heteroatoms. The van der Waals surface area contributed by atoms with Gasteiger partial charge >= 0.3 is 0 Å². The van der Waals surface area contributed by atoms with E-state index in [1.54, 1.807) is 6.92 Å². The largest absolute Gasteiger partial charge is 0.490 e. The van der Waals surface area contributed by atoms with Gasteiger partial charge in [0.05, 0.1) is 5.60 Å². The van der Waals surface area contributed by atoms with Crippen LogP contribution in [0.15, 0.2) is 24.3 Å². The minimum Gasteiger partial charge on any atom is -0.490 e. The normalized spacial score (nSPS) is 27.5. The van der Waals surface area contributed by atoms with Gasteiger partial charge in [-0.05, 0) is 18.6 Å². The van der Waals surface area contributed by atoms with E-state index in [4.69, 9.17) is 4.74 Å². The molecule has 0 amide bonds. The predicted molar refractivity (Wildman–Crippen MR) is 46.3 cm³/mol. The zero-order valence-corrected chi connectivity index (χ0v) is 7.08. The van der Waals surface area contributed by atoms with Gasteiger partial charge in [0.1, 0.15) is 12.4 Å². The molecule has 2 nitrogen and oxygen atoms in total. The highest BCUT2D eigenvalue weighted by atomic mass is 16.5. The molecule has 0 saturated carbocycles. The lowest BCUT2D eigenvalue weighted by molar-refractivity contribution is -0.000607. The Labute approximate surface area is 71.8 Å². The number of benzene rings is 1. The van der Waals surface area contributed by atoms with Crippen LogP contribution in [0.5, 0.6) is 5.75 Å². The van der Waals surface area contributed by atoms with Crippen LogP contribution in [0.4, 0.5) is 0 Å². The second-order valence-corrected chi connectivity index (χ2v) is 3.57. The molecule has 1 aromatic rings. The number of fused-ring (bicyclic) bond motifs is 1. The van der Waals surface area contributed by atoms with Crippen LogP contribution < -0.4 is 4.74 Å². The smallest absolute Gasteiger partial charge is 0.122 e. The lowest BCUT2D eigenvalue weighted by Crippen LogP contribution is -2.38. The lowest BCUT2D eigenvalue weighted by Gasteiger charge is -2.29. The maximum Gasteiger partial charge on any atom is 0.122 e. The van der Waals surface area contributed by atoms with Crippen molar-refractivity contribution in [2.24, 2.45) is 0 Å². The van der Waals surface area contributed by atoms with Crippen LogP contribution in [0.2, 0.25) is 0 Å². The molecule has 1 aromatic carbocycles. The van der Waals surface area contributed by atoms with Crippen LogP contribution in [-0.2, 0) is 6.42 Å². The second-order valence-electron chi connectivity index (χ2n) is 3.57. The first-order valence-electron chi connectivity index (χ1n) is 4.10. The maximum atomic E-state index is 9.70. The van der Waals surface area contributed by atoms with Crippen LogP contribution in [-0.4, -0.2) is 17.3 Å². The number of para-hydroxylation sites is 1. The quantitative estimate of drug-likeness (QED) is 0.627. The van der Waals surface area contributed by atoms with Gasteiger partial charge in [0.2, 0.25) is 0 Å². The van der Waals surface area contributed by atoms with E-state index in [1.165, 1.54) is 0 Å². The molecule has 0 bridgehead atoms. The van der Waals surface area contributed by atoms with Gasteiger partial charge in [0.25, 0.3) is 0 Å². The third kappa shape index (κ3) is 1.30. The van der Waals surface area contributed by atoms with E-state index in [0.717, 1.165) is 11.3 Å². The van der Waals surface area contributed by atoms with Crippen molar-refractivity contribution in [2.75, 3.05) is 6.61 Å². The van der Waals surface area contributed by atoms with Crippen molar-refractivity contribution < 1.29 is 9.84 Å². The summed E-state index contributed by atoms with van der Waals surface area (Å²) in [5.74, 6) is 0.907. The molecule has 64 valence electrons. The number of aliphatic hydroxyl groups is 1. The molecular weight excluding hydrogens is 152 g/mol. The Balaban J connectivity index is 2.35. The van der Waals surface area contributed by atoms with Gasteiger partial charge in [-0.3, -0.25) is 0 Å². The summed E-state index contributed by atoms with van der Waals surface area (Å²) in [4.78, 5) is 0. The average Bonchev–Trinajstić information content (AvgIpc) is 2.02. The highest BCUT2D eigenvalue weighted by Gasteiger charge is 2.27. The number of ether oxygens (including phenoxy) is 1. The molecule has 1 aliphatic heterocycles. The number of hydrogen-bond donors (Lipinski definition) is 1. The molecule has 0 spiro atoms. The molecule has 0 fully saturated rings. The molecule has 0 aliphatic carbocycles. The number of hydrogen-bond acceptors (Lipinski definition) is 2. The average molecular weight is 164 g/mol. The monoisotopic (exact) mass is 164 g/mol. The summed E-state index contributed by atoms with van der Waals surface area (Å²) < 4.78 is 5.39. The van der Waals surface area contributed by atoms with E-state index in [2.05, 4.69) is 0 Å². The van der Waals surface area contributed by atoms with Gasteiger partial charge in [-0.1, -0.05) is 18.2 Å². The fourth-order valence-electron chi connectivity index (χ4n) is 1.49.